The minimum atomic E-state index is -4.83. The van der Waals surface area contributed by atoms with Gasteiger partial charge in [-0.3, -0.25) is 9.59 Å². The van der Waals surface area contributed by atoms with Crippen LogP contribution in [-0.4, -0.2) is 52.3 Å². The monoisotopic (exact) mass is 334 g/mol. The molecule has 0 unspecified atom stereocenters. The maximum atomic E-state index is 12.7. The molecule has 0 bridgehead atoms. The van der Waals surface area contributed by atoms with Crippen molar-refractivity contribution in [3.63, 3.8) is 0 Å². The molecule has 0 saturated carbocycles. The first-order valence-electron chi connectivity index (χ1n) is 6.58. The summed E-state index contributed by atoms with van der Waals surface area (Å²) < 4.78 is 43.6. The number of rotatable bonds is 3. The molecule has 2 heterocycles. The Morgan fingerprint density at radius 1 is 1.39 bits per heavy atom. The van der Waals surface area contributed by atoms with E-state index in [9.17, 15) is 27.6 Å². The summed E-state index contributed by atoms with van der Waals surface area (Å²) >= 11 is 0. The molecular formula is C13H13F3N2O5. The highest BCUT2D eigenvalue weighted by atomic mass is 19.4. The number of carboxylic acids is 1. The van der Waals surface area contributed by atoms with Gasteiger partial charge >= 0.3 is 12.1 Å². The van der Waals surface area contributed by atoms with Gasteiger partial charge in [-0.15, -0.1) is 0 Å². The minimum absolute atomic E-state index is 0.0104. The number of carboxylic acid groups (broad SMARTS) is 1. The number of ether oxygens (including phenoxy) is 1. The third-order valence-electron chi connectivity index (χ3n) is 3.37. The topological polar surface area (TPSA) is 88.8 Å². The van der Waals surface area contributed by atoms with Crippen LogP contribution in [0.5, 0.6) is 0 Å². The number of morpholine rings is 1. The van der Waals surface area contributed by atoms with Crippen molar-refractivity contribution < 1.29 is 32.6 Å². The van der Waals surface area contributed by atoms with Crippen LogP contribution in [0.15, 0.2) is 23.1 Å². The fourth-order valence-electron chi connectivity index (χ4n) is 2.22. The predicted molar refractivity (Wildman–Crippen MR) is 69.7 cm³/mol. The van der Waals surface area contributed by atoms with Crippen molar-refractivity contribution in [2.75, 3.05) is 19.8 Å². The average molecular weight is 334 g/mol. The molecule has 0 aliphatic carbocycles. The van der Waals surface area contributed by atoms with Crippen molar-refractivity contribution in [3.8, 4) is 0 Å². The first-order valence-corrected chi connectivity index (χ1v) is 6.58. The Morgan fingerprint density at radius 2 is 2.09 bits per heavy atom. The molecule has 1 aliphatic rings. The number of nitrogens with zero attached hydrogens (tertiary/aromatic N) is 2. The molecule has 0 radical (unpaired) electrons. The summed E-state index contributed by atoms with van der Waals surface area (Å²) in [6.45, 7) is -0.776. The van der Waals surface area contributed by atoms with Crippen LogP contribution in [0.3, 0.4) is 0 Å². The van der Waals surface area contributed by atoms with Gasteiger partial charge in [0.05, 0.1) is 13.2 Å². The van der Waals surface area contributed by atoms with Crippen molar-refractivity contribution in [1.82, 2.24) is 9.47 Å². The summed E-state index contributed by atoms with van der Waals surface area (Å²) in [7, 11) is 0. The molecule has 1 aromatic heterocycles. The number of alkyl halides is 3. The number of aliphatic carboxylic acids is 1. The second-order valence-electron chi connectivity index (χ2n) is 4.87. The maximum Gasteiger partial charge on any atom is 0.421 e. The number of halogens is 3. The Morgan fingerprint density at radius 3 is 2.70 bits per heavy atom. The number of aromatic nitrogens is 1. The van der Waals surface area contributed by atoms with E-state index in [1.807, 2.05) is 0 Å². The summed E-state index contributed by atoms with van der Waals surface area (Å²) in [5, 5.41) is 9.04. The number of hydrogen-bond donors (Lipinski definition) is 1. The highest BCUT2D eigenvalue weighted by Gasteiger charge is 2.35. The van der Waals surface area contributed by atoms with Crippen molar-refractivity contribution >= 4 is 11.9 Å². The maximum absolute atomic E-state index is 12.7. The van der Waals surface area contributed by atoms with Gasteiger partial charge in [-0.1, -0.05) is 0 Å². The molecule has 1 aromatic rings. The number of amides is 1. The number of carbonyl (C=O) groups is 2. The van der Waals surface area contributed by atoms with Crippen molar-refractivity contribution in [3.05, 3.63) is 34.2 Å². The van der Waals surface area contributed by atoms with Crippen LogP contribution >= 0.6 is 0 Å². The van der Waals surface area contributed by atoms with Crippen LogP contribution < -0.4 is 5.56 Å². The highest BCUT2D eigenvalue weighted by molar-refractivity contribution is 5.83. The van der Waals surface area contributed by atoms with E-state index in [0.29, 0.717) is 10.6 Å². The molecule has 1 amide bonds. The van der Waals surface area contributed by atoms with Crippen molar-refractivity contribution in [2.24, 2.45) is 0 Å². The van der Waals surface area contributed by atoms with E-state index in [0.717, 1.165) is 17.2 Å². The fraction of sp³-hybridized carbons (Fsp3) is 0.462. The van der Waals surface area contributed by atoms with Gasteiger partial charge in [-0.2, -0.15) is 13.2 Å². The average Bonchev–Trinajstić information content (AvgIpc) is 2.48. The lowest BCUT2D eigenvalue weighted by atomic mass is 10.2. The first-order chi connectivity index (χ1) is 10.7. The van der Waals surface area contributed by atoms with E-state index < -0.39 is 41.8 Å². The second-order valence-corrected chi connectivity index (χ2v) is 4.87. The molecule has 7 nitrogen and oxygen atoms in total. The number of hydrogen-bond acceptors (Lipinski definition) is 4. The lowest BCUT2D eigenvalue weighted by Crippen LogP contribution is -2.53. The van der Waals surface area contributed by atoms with E-state index in [1.54, 1.807) is 0 Å². The molecule has 1 aliphatic heterocycles. The molecule has 1 saturated heterocycles. The SMILES string of the molecule is O=C(O)[C@@H]1COCCN1C(=O)Cn1cccc(C(F)(F)F)c1=O. The van der Waals surface area contributed by atoms with E-state index >= 15 is 0 Å². The molecule has 0 aromatic carbocycles. The molecule has 126 valence electrons. The van der Waals surface area contributed by atoms with Crippen molar-refractivity contribution in [2.45, 2.75) is 18.8 Å². The summed E-state index contributed by atoms with van der Waals surface area (Å²) in [4.78, 5) is 36.0. The van der Waals surface area contributed by atoms with Crippen LogP contribution in [0.1, 0.15) is 5.56 Å². The zero-order valence-corrected chi connectivity index (χ0v) is 11.7. The van der Waals surface area contributed by atoms with Gasteiger partial charge < -0.3 is 19.3 Å². The third kappa shape index (κ3) is 3.70. The zero-order valence-electron chi connectivity index (χ0n) is 11.7. The zero-order chi connectivity index (χ0) is 17.2. The minimum Gasteiger partial charge on any atom is -0.480 e. The van der Waals surface area contributed by atoms with Crippen LogP contribution in [-0.2, 0) is 27.0 Å². The summed E-state index contributed by atoms with van der Waals surface area (Å²) in [6, 6.07) is 0.404. The summed E-state index contributed by atoms with van der Waals surface area (Å²) in [5.41, 5.74) is -2.74. The smallest absolute Gasteiger partial charge is 0.421 e. The quantitative estimate of drug-likeness (QED) is 0.852. The second kappa shape index (κ2) is 6.41. The molecule has 2 rings (SSSR count). The lowest BCUT2D eigenvalue weighted by Gasteiger charge is -2.33. The van der Waals surface area contributed by atoms with Gasteiger partial charge in [0.15, 0.2) is 6.04 Å². The molecular weight excluding hydrogens is 321 g/mol. The van der Waals surface area contributed by atoms with Gasteiger partial charge in [0, 0.05) is 12.7 Å². The molecule has 10 heteroatoms. The van der Waals surface area contributed by atoms with Crippen LogP contribution in [0.25, 0.3) is 0 Å². The van der Waals surface area contributed by atoms with Gasteiger partial charge in [0.2, 0.25) is 5.91 Å². The lowest BCUT2D eigenvalue weighted by molar-refractivity contribution is -0.158. The summed E-state index contributed by atoms with van der Waals surface area (Å²) in [5.74, 6) is -2.04. The standard InChI is InChI=1S/C13H13F3N2O5/c14-13(15,16)8-2-1-3-17(11(8)20)6-10(19)18-4-5-23-7-9(18)12(21)22/h1-3,9H,4-7H2,(H,21,22)/t9-/m0/s1. The Hall–Kier alpha value is -2.36. The van der Waals surface area contributed by atoms with Crippen LogP contribution in [0, 0.1) is 0 Å². The molecule has 1 fully saturated rings. The van der Waals surface area contributed by atoms with Gasteiger partial charge in [-0.25, -0.2) is 4.79 Å². The Labute approximate surface area is 127 Å². The van der Waals surface area contributed by atoms with E-state index in [-0.39, 0.29) is 19.8 Å². The molecule has 0 spiro atoms. The van der Waals surface area contributed by atoms with Crippen molar-refractivity contribution in [1.29, 1.82) is 0 Å². The third-order valence-corrected chi connectivity index (χ3v) is 3.37. The summed E-state index contributed by atoms with van der Waals surface area (Å²) in [6.07, 6.45) is -3.78. The van der Waals surface area contributed by atoms with E-state index in [1.165, 1.54) is 0 Å². The van der Waals surface area contributed by atoms with Gasteiger partial charge in [0.25, 0.3) is 5.56 Å². The van der Waals surface area contributed by atoms with Crippen LogP contribution in [0.4, 0.5) is 13.2 Å². The van der Waals surface area contributed by atoms with E-state index in [2.05, 4.69) is 0 Å². The predicted octanol–water partition coefficient (Wildman–Crippen LogP) is 0.179. The normalized spacial score (nSPS) is 18.7. The Bertz CT molecular complexity index is 670. The number of carbonyl (C=O) groups excluding carboxylic acids is 1. The first kappa shape index (κ1) is 17.0. The fourth-order valence-corrected chi connectivity index (χ4v) is 2.22. The largest absolute Gasteiger partial charge is 0.480 e. The Kier molecular flexibility index (Phi) is 4.73. The molecule has 1 N–H and O–H groups in total. The van der Waals surface area contributed by atoms with E-state index in [4.69, 9.17) is 9.84 Å². The Balaban J connectivity index is 2.23. The van der Waals surface area contributed by atoms with Crippen LogP contribution in [0.2, 0.25) is 0 Å². The molecule has 1 atom stereocenters. The highest BCUT2D eigenvalue weighted by Crippen LogP contribution is 2.26. The van der Waals surface area contributed by atoms with Gasteiger partial charge in [-0.05, 0) is 12.1 Å². The van der Waals surface area contributed by atoms with Gasteiger partial charge in [0.1, 0.15) is 12.1 Å². The number of pyridine rings is 1. The molecule has 23 heavy (non-hydrogen) atoms.